The summed E-state index contributed by atoms with van der Waals surface area (Å²) < 4.78 is 40.3. The van der Waals surface area contributed by atoms with Gasteiger partial charge in [-0.1, -0.05) is 57.5 Å². The van der Waals surface area contributed by atoms with Crippen LogP contribution in [-0.4, -0.2) is 29.3 Å². The van der Waals surface area contributed by atoms with Gasteiger partial charge in [0, 0.05) is 6.54 Å². The highest BCUT2D eigenvalue weighted by Crippen LogP contribution is 2.41. The highest BCUT2D eigenvalue weighted by atomic mass is 19.4. The quantitative estimate of drug-likeness (QED) is 0.812. The molecule has 0 aliphatic heterocycles. The van der Waals surface area contributed by atoms with Crippen LogP contribution in [0.5, 0.6) is 0 Å². The lowest BCUT2D eigenvalue weighted by atomic mass is 9.66. The van der Waals surface area contributed by atoms with Gasteiger partial charge in [-0.2, -0.15) is 13.2 Å². The Balaban J connectivity index is 2.16. The summed E-state index contributed by atoms with van der Waals surface area (Å²) in [6.45, 7) is 5.24. The van der Waals surface area contributed by atoms with Gasteiger partial charge in [0.15, 0.2) is 0 Å². The molecule has 2 rings (SSSR count). The van der Waals surface area contributed by atoms with Gasteiger partial charge in [0.25, 0.3) is 5.91 Å². The second kappa shape index (κ2) is 7.99. The average molecular weight is 371 g/mol. The van der Waals surface area contributed by atoms with Gasteiger partial charge in [-0.25, -0.2) is 0 Å². The molecule has 4 atom stereocenters. The zero-order valence-electron chi connectivity index (χ0n) is 15.5. The topological polar surface area (TPSA) is 49.3 Å². The summed E-state index contributed by atoms with van der Waals surface area (Å²) in [5.74, 6) is -2.50. The molecule has 1 amide bonds. The molecule has 6 heteroatoms. The van der Waals surface area contributed by atoms with E-state index in [2.05, 4.69) is 5.32 Å². The molecule has 1 aromatic rings. The van der Waals surface area contributed by atoms with Crippen LogP contribution in [-0.2, 0) is 4.79 Å². The normalized spacial score (nSPS) is 28.0. The van der Waals surface area contributed by atoms with E-state index in [-0.39, 0.29) is 29.7 Å². The number of halogens is 3. The molecular formula is C20H28F3NO2. The molecule has 0 bridgehead atoms. The summed E-state index contributed by atoms with van der Waals surface area (Å²) in [4.78, 5) is 12.7. The average Bonchev–Trinajstić information content (AvgIpc) is 2.54. The summed E-state index contributed by atoms with van der Waals surface area (Å²) in [6, 6.07) is 7.54. The van der Waals surface area contributed by atoms with Crippen molar-refractivity contribution in [1.29, 1.82) is 0 Å². The van der Waals surface area contributed by atoms with Crippen molar-refractivity contribution in [3.05, 3.63) is 35.9 Å². The molecule has 0 saturated heterocycles. The van der Waals surface area contributed by atoms with Crippen molar-refractivity contribution in [2.24, 2.45) is 17.8 Å². The number of rotatable bonds is 5. The minimum atomic E-state index is -4.48. The van der Waals surface area contributed by atoms with Gasteiger partial charge in [0.05, 0.1) is 5.92 Å². The molecule has 0 heterocycles. The van der Waals surface area contributed by atoms with Gasteiger partial charge in [0.2, 0.25) is 0 Å². The van der Waals surface area contributed by atoms with Crippen LogP contribution in [0.25, 0.3) is 0 Å². The summed E-state index contributed by atoms with van der Waals surface area (Å²) in [5.41, 5.74) is -1.51. The van der Waals surface area contributed by atoms with Gasteiger partial charge in [-0.15, -0.1) is 0 Å². The van der Waals surface area contributed by atoms with Gasteiger partial charge < -0.3 is 10.4 Å². The number of alkyl halides is 3. The van der Waals surface area contributed by atoms with Gasteiger partial charge in [0.1, 0.15) is 5.60 Å². The Morgan fingerprint density at radius 2 is 1.88 bits per heavy atom. The highest BCUT2D eigenvalue weighted by Gasteiger charge is 2.49. The molecule has 1 aliphatic rings. The Kier molecular flexibility index (Phi) is 6.37. The maximum Gasteiger partial charge on any atom is 0.397 e. The monoisotopic (exact) mass is 371 g/mol. The molecule has 1 unspecified atom stereocenters. The molecular weight excluding hydrogens is 343 g/mol. The SMILES string of the molecule is CC(C)[C@@H]1CC[C@@H](C)C[C@@]1(O)C(=O)NCC(c1ccccc1)C(F)(F)F. The number of aliphatic hydroxyl groups is 1. The molecule has 3 nitrogen and oxygen atoms in total. The minimum absolute atomic E-state index is 0.0748. The molecule has 1 aliphatic carbocycles. The van der Waals surface area contributed by atoms with E-state index in [1.807, 2.05) is 20.8 Å². The van der Waals surface area contributed by atoms with Crippen molar-refractivity contribution in [3.8, 4) is 0 Å². The summed E-state index contributed by atoms with van der Waals surface area (Å²) in [6.07, 6.45) is -2.59. The van der Waals surface area contributed by atoms with E-state index >= 15 is 0 Å². The number of carbonyl (C=O) groups excluding carboxylic acids is 1. The van der Waals surface area contributed by atoms with Crippen LogP contribution in [0.15, 0.2) is 30.3 Å². The molecule has 26 heavy (non-hydrogen) atoms. The molecule has 146 valence electrons. The number of benzene rings is 1. The lowest BCUT2D eigenvalue weighted by molar-refractivity contribution is -0.161. The van der Waals surface area contributed by atoms with E-state index in [4.69, 9.17) is 0 Å². The summed E-state index contributed by atoms with van der Waals surface area (Å²) >= 11 is 0. The summed E-state index contributed by atoms with van der Waals surface area (Å²) in [5, 5.41) is 13.4. The maximum atomic E-state index is 13.4. The first-order valence-electron chi connectivity index (χ1n) is 9.18. The third-order valence-corrected chi connectivity index (χ3v) is 5.51. The van der Waals surface area contributed by atoms with Crippen molar-refractivity contribution in [3.63, 3.8) is 0 Å². The Morgan fingerprint density at radius 3 is 2.42 bits per heavy atom. The van der Waals surface area contributed by atoms with Crippen LogP contribution in [0.1, 0.15) is 51.5 Å². The van der Waals surface area contributed by atoms with Gasteiger partial charge in [-0.05, 0) is 36.2 Å². The fraction of sp³-hybridized carbons (Fsp3) is 0.650. The van der Waals surface area contributed by atoms with Crippen LogP contribution in [0.2, 0.25) is 0 Å². The third-order valence-electron chi connectivity index (χ3n) is 5.51. The predicted molar refractivity (Wildman–Crippen MR) is 94.5 cm³/mol. The van der Waals surface area contributed by atoms with E-state index in [1.165, 1.54) is 12.1 Å². The van der Waals surface area contributed by atoms with Crippen LogP contribution < -0.4 is 5.32 Å². The van der Waals surface area contributed by atoms with Crippen molar-refractivity contribution in [1.82, 2.24) is 5.32 Å². The number of hydrogen-bond donors (Lipinski definition) is 2. The Hall–Kier alpha value is -1.56. The molecule has 0 aromatic heterocycles. The zero-order valence-corrected chi connectivity index (χ0v) is 15.5. The van der Waals surface area contributed by atoms with Crippen molar-refractivity contribution >= 4 is 5.91 Å². The Morgan fingerprint density at radius 1 is 1.27 bits per heavy atom. The van der Waals surface area contributed by atoms with Crippen LogP contribution in [0.3, 0.4) is 0 Å². The lowest BCUT2D eigenvalue weighted by Gasteiger charge is -2.43. The van der Waals surface area contributed by atoms with E-state index in [9.17, 15) is 23.1 Å². The largest absolute Gasteiger partial charge is 0.397 e. The third kappa shape index (κ3) is 4.58. The molecule has 1 aromatic carbocycles. The zero-order chi connectivity index (χ0) is 19.5. The van der Waals surface area contributed by atoms with Crippen molar-refractivity contribution < 1.29 is 23.1 Å². The van der Waals surface area contributed by atoms with Crippen LogP contribution in [0.4, 0.5) is 13.2 Å². The lowest BCUT2D eigenvalue weighted by Crippen LogP contribution is -2.57. The number of hydrogen-bond acceptors (Lipinski definition) is 2. The van der Waals surface area contributed by atoms with Crippen molar-refractivity contribution in [2.45, 2.75) is 57.7 Å². The molecule has 0 radical (unpaired) electrons. The second-order valence-electron chi connectivity index (χ2n) is 7.88. The minimum Gasteiger partial charge on any atom is -0.380 e. The molecule has 0 spiro atoms. The number of nitrogens with one attached hydrogen (secondary N) is 1. The summed E-state index contributed by atoms with van der Waals surface area (Å²) in [7, 11) is 0. The second-order valence-corrected chi connectivity index (χ2v) is 7.88. The predicted octanol–water partition coefficient (Wildman–Crippen LogP) is 4.27. The first-order valence-corrected chi connectivity index (χ1v) is 9.18. The molecule has 2 N–H and O–H groups in total. The Bertz CT molecular complexity index is 603. The first-order chi connectivity index (χ1) is 12.1. The molecule has 1 saturated carbocycles. The fourth-order valence-corrected chi connectivity index (χ4v) is 4.09. The number of amides is 1. The maximum absolute atomic E-state index is 13.4. The van der Waals surface area contributed by atoms with Gasteiger partial charge >= 0.3 is 6.18 Å². The van der Waals surface area contributed by atoms with E-state index < -0.39 is 30.1 Å². The highest BCUT2D eigenvalue weighted by molar-refractivity contribution is 5.85. The van der Waals surface area contributed by atoms with Gasteiger partial charge in [-0.3, -0.25) is 4.79 Å². The fourth-order valence-electron chi connectivity index (χ4n) is 4.09. The van der Waals surface area contributed by atoms with Crippen molar-refractivity contribution in [2.75, 3.05) is 6.54 Å². The Labute approximate surface area is 153 Å². The van der Waals surface area contributed by atoms with E-state index in [0.717, 1.165) is 6.42 Å². The van der Waals surface area contributed by atoms with Crippen LogP contribution in [0, 0.1) is 17.8 Å². The van der Waals surface area contributed by atoms with Crippen LogP contribution >= 0.6 is 0 Å². The number of carbonyl (C=O) groups is 1. The molecule has 1 fully saturated rings. The first kappa shape index (κ1) is 20.7. The van der Waals surface area contributed by atoms with E-state index in [0.29, 0.717) is 6.42 Å². The smallest absolute Gasteiger partial charge is 0.380 e. The van der Waals surface area contributed by atoms with E-state index in [1.54, 1.807) is 18.2 Å². The standard InChI is InChI=1S/C20H28F3NO2/c1-13(2)16-10-9-14(3)11-19(16,26)18(25)24-12-17(20(21,22)23)15-7-5-4-6-8-15/h4-8,13-14,16-17,26H,9-12H2,1-3H3,(H,24,25)/t14-,16+,17?,19+/m1/s1.